The van der Waals surface area contributed by atoms with Crippen LogP contribution in [0.25, 0.3) is 0 Å². The summed E-state index contributed by atoms with van der Waals surface area (Å²) in [7, 11) is 0. The molecule has 29 heavy (non-hydrogen) atoms. The Morgan fingerprint density at radius 2 is 1.76 bits per heavy atom. The van der Waals surface area contributed by atoms with Gasteiger partial charge in [0.05, 0.1) is 10.7 Å². The van der Waals surface area contributed by atoms with Crippen LogP contribution >= 0.6 is 11.6 Å². The minimum Gasteiger partial charge on any atom is -0.369 e. The summed E-state index contributed by atoms with van der Waals surface area (Å²) in [5, 5.41) is 3.62. The van der Waals surface area contributed by atoms with Crippen LogP contribution in [-0.4, -0.2) is 61.1 Å². The number of benzene rings is 2. The predicted molar refractivity (Wildman–Crippen MR) is 120 cm³/mol. The van der Waals surface area contributed by atoms with E-state index in [2.05, 4.69) is 45.4 Å². The van der Waals surface area contributed by atoms with Gasteiger partial charge in [-0.05, 0) is 43.5 Å². The van der Waals surface area contributed by atoms with E-state index in [1.54, 1.807) is 0 Å². The molecule has 5 nitrogen and oxygen atoms in total. The summed E-state index contributed by atoms with van der Waals surface area (Å²) in [4.78, 5) is 19.8. The summed E-state index contributed by atoms with van der Waals surface area (Å²) in [5.41, 5.74) is 3.00. The monoisotopic (exact) mass is 412 g/mol. The lowest BCUT2D eigenvalue weighted by atomic mass is 10.0. The number of anilines is 2. The highest BCUT2D eigenvalue weighted by atomic mass is 35.5. The SMILES string of the molecule is Cc1cccc(Cl)c1NC(=O)N1CCCC(N2CCN(c3ccccc3)CC2)C1. The van der Waals surface area contributed by atoms with Gasteiger partial charge in [-0.1, -0.05) is 41.9 Å². The second-order valence-corrected chi connectivity index (χ2v) is 8.37. The zero-order valence-electron chi connectivity index (χ0n) is 17.0. The highest BCUT2D eigenvalue weighted by Gasteiger charge is 2.30. The van der Waals surface area contributed by atoms with Crippen molar-refractivity contribution in [1.29, 1.82) is 0 Å². The number of piperazine rings is 1. The first-order valence-electron chi connectivity index (χ1n) is 10.5. The first-order chi connectivity index (χ1) is 14.1. The molecule has 154 valence electrons. The Labute approximate surface area is 178 Å². The van der Waals surface area contributed by atoms with E-state index in [-0.39, 0.29) is 6.03 Å². The van der Waals surface area contributed by atoms with Gasteiger partial charge in [0.2, 0.25) is 0 Å². The number of amides is 2. The number of nitrogens with one attached hydrogen (secondary N) is 1. The number of aryl methyl sites for hydroxylation is 1. The Bertz CT molecular complexity index is 816. The molecule has 0 radical (unpaired) electrons. The summed E-state index contributed by atoms with van der Waals surface area (Å²) < 4.78 is 0. The molecule has 0 aliphatic carbocycles. The van der Waals surface area contributed by atoms with Gasteiger partial charge in [0, 0.05) is 51.0 Å². The molecule has 0 bridgehead atoms. The summed E-state index contributed by atoms with van der Waals surface area (Å²) in [6, 6.07) is 16.7. The van der Waals surface area contributed by atoms with Crippen molar-refractivity contribution < 1.29 is 4.79 Å². The van der Waals surface area contributed by atoms with Gasteiger partial charge in [-0.15, -0.1) is 0 Å². The van der Waals surface area contributed by atoms with Crippen LogP contribution in [0.1, 0.15) is 18.4 Å². The van der Waals surface area contributed by atoms with E-state index in [0.717, 1.165) is 63.4 Å². The van der Waals surface area contributed by atoms with Crippen LogP contribution in [0.5, 0.6) is 0 Å². The Kier molecular flexibility index (Phi) is 6.26. The summed E-state index contributed by atoms with van der Waals surface area (Å²) in [6.45, 7) is 7.69. The van der Waals surface area contributed by atoms with Crippen LogP contribution in [0.2, 0.25) is 5.02 Å². The van der Waals surface area contributed by atoms with Crippen LogP contribution in [0.15, 0.2) is 48.5 Å². The van der Waals surface area contributed by atoms with Gasteiger partial charge in [-0.25, -0.2) is 4.79 Å². The molecule has 0 saturated carbocycles. The Morgan fingerprint density at radius 1 is 1.00 bits per heavy atom. The second-order valence-electron chi connectivity index (χ2n) is 7.96. The first-order valence-corrected chi connectivity index (χ1v) is 10.8. The van der Waals surface area contributed by atoms with Crippen LogP contribution in [0.3, 0.4) is 0 Å². The number of rotatable bonds is 3. The van der Waals surface area contributed by atoms with Crippen molar-refractivity contribution in [2.24, 2.45) is 0 Å². The zero-order chi connectivity index (χ0) is 20.2. The van der Waals surface area contributed by atoms with Gasteiger partial charge in [-0.3, -0.25) is 4.90 Å². The van der Waals surface area contributed by atoms with Crippen LogP contribution < -0.4 is 10.2 Å². The van der Waals surface area contributed by atoms with Gasteiger partial charge in [0.1, 0.15) is 0 Å². The third-order valence-corrected chi connectivity index (χ3v) is 6.40. The lowest BCUT2D eigenvalue weighted by Gasteiger charge is -2.43. The molecule has 1 unspecified atom stereocenters. The van der Waals surface area contributed by atoms with E-state index in [0.29, 0.717) is 11.1 Å². The number of para-hydroxylation sites is 2. The van der Waals surface area contributed by atoms with Crippen molar-refractivity contribution >= 4 is 29.0 Å². The third-order valence-electron chi connectivity index (χ3n) is 6.09. The quantitative estimate of drug-likeness (QED) is 0.808. The highest BCUT2D eigenvalue weighted by Crippen LogP contribution is 2.26. The fourth-order valence-corrected chi connectivity index (χ4v) is 4.67. The minimum atomic E-state index is -0.0474. The molecule has 0 aromatic heterocycles. The number of piperidine rings is 1. The largest absolute Gasteiger partial charge is 0.369 e. The van der Waals surface area contributed by atoms with Crippen molar-refractivity contribution in [3.8, 4) is 0 Å². The average molecular weight is 413 g/mol. The van der Waals surface area contributed by atoms with Crippen molar-refractivity contribution in [3.05, 3.63) is 59.1 Å². The van der Waals surface area contributed by atoms with Gasteiger partial charge < -0.3 is 15.1 Å². The number of carbonyl (C=O) groups excluding carboxylic acids is 1. The van der Waals surface area contributed by atoms with E-state index in [4.69, 9.17) is 11.6 Å². The molecular weight excluding hydrogens is 384 g/mol. The smallest absolute Gasteiger partial charge is 0.321 e. The number of urea groups is 1. The van der Waals surface area contributed by atoms with Gasteiger partial charge in [0.25, 0.3) is 0 Å². The Morgan fingerprint density at radius 3 is 2.48 bits per heavy atom. The number of hydrogen-bond acceptors (Lipinski definition) is 3. The maximum Gasteiger partial charge on any atom is 0.321 e. The molecule has 1 atom stereocenters. The molecule has 2 fully saturated rings. The third kappa shape index (κ3) is 4.68. The van der Waals surface area contributed by atoms with Crippen molar-refractivity contribution in [1.82, 2.24) is 9.80 Å². The average Bonchev–Trinajstić information content (AvgIpc) is 2.77. The van der Waals surface area contributed by atoms with Crippen molar-refractivity contribution in [2.75, 3.05) is 49.5 Å². The molecule has 6 heteroatoms. The number of hydrogen-bond donors (Lipinski definition) is 1. The molecule has 2 aliphatic rings. The Balaban J connectivity index is 1.33. The molecule has 4 rings (SSSR count). The normalized spacial score (nSPS) is 20.6. The summed E-state index contributed by atoms with van der Waals surface area (Å²) in [6.07, 6.45) is 2.19. The van der Waals surface area contributed by atoms with E-state index >= 15 is 0 Å². The maximum absolute atomic E-state index is 12.9. The molecule has 2 heterocycles. The fourth-order valence-electron chi connectivity index (χ4n) is 4.40. The summed E-state index contributed by atoms with van der Waals surface area (Å²) >= 11 is 6.28. The molecule has 2 aliphatic heterocycles. The number of carbonyl (C=O) groups is 1. The van der Waals surface area contributed by atoms with Crippen LogP contribution in [0.4, 0.5) is 16.2 Å². The Hall–Kier alpha value is -2.24. The molecule has 2 aromatic carbocycles. The van der Waals surface area contributed by atoms with E-state index in [9.17, 15) is 4.79 Å². The van der Waals surface area contributed by atoms with Gasteiger partial charge >= 0.3 is 6.03 Å². The number of halogens is 1. The highest BCUT2D eigenvalue weighted by molar-refractivity contribution is 6.33. The summed E-state index contributed by atoms with van der Waals surface area (Å²) in [5.74, 6) is 0. The fraction of sp³-hybridized carbons (Fsp3) is 0.435. The minimum absolute atomic E-state index is 0.0474. The van der Waals surface area contributed by atoms with Gasteiger partial charge in [-0.2, -0.15) is 0 Å². The van der Waals surface area contributed by atoms with Crippen LogP contribution in [0, 0.1) is 6.92 Å². The van der Waals surface area contributed by atoms with E-state index in [1.807, 2.05) is 30.0 Å². The van der Waals surface area contributed by atoms with Crippen molar-refractivity contribution in [2.45, 2.75) is 25.8 Å². The zero-order valence-corrected chi connectivity index (χ0v) is 17.7. The van der Waals surface area contributed by atoms with E-state index < -0.39 is 0 Å². The molecule has 2 amide bonds. The van der Waals surface area contributed by atoms with Crippen molar-refractivity contribution in [3.63, 3.8) is 0 Å². The lowest BCUT2D eigenvalue weighted by Crippen LogP contribution is -2.56. The van der Waals surface area contributed by atoms with E-state index in [1.165, 1.54) is 5.69 Å². The standard InChI is InChI=1S/C23H29ClN4O/c1-18-7-5-11-21(24)22(18)25-23(29)28-12-6-10-20(17-28)27-15-13-26(14-16-27)19-8-3-2-4-9-19/h2-5,7-9,11,20H,6,10,12-17H2,1H3,(H,25,29). The van der Waals surface area contributed by atoms with Gasteiger partial charge in [0.15, 0.2) is 0 Å². The molecule has 2 aromatic rings. The molecule has 2 saturated heterocycles. The van der Waals surface area contributed by atoms with Crippen LogP contribution in [-0.2, 0) is 0 Å². The topological polar surface area (TPSA) is 38.8 Å². The maximum atomic E-state index is 12.9. The second kappa shape index (κ2) is 9.06. The molecular formula is C23H29ClN4O. The molecule has 0 spiro atoms. The first kappa shape index (κ1) is 20.0. The number of likely N-dealkylation sites (tertiary alicyclic amines) is 1. The molecule has 1 N–H and O–H groups in total. The lowest BCUT2D eigenvalue weighted by molar-refractivity contribution is 0.108. The predicted octanol–water partition coefficient (Wildman–Crippen LogP) is 4.47. The number of nitrogens with zero attached hydrogens (tertiary/aromatic N) is 3.